The van der Waals surface area contributed by atoms with Crippen molar-refractivity contribution < 1.29 is 14.7 Å². The number of carbonyl (C=O) groups is 2. The molecule has 1 aromatic carbocycles. The zero-order valence-corrected chi connectivity index (χ0v) is 13.9. The van der Waals surface area contributed by atoms with Crippen molar-refractivity contribution in [1.29, 1.82) is 0 Å². The first-order valence-corrected chi connectivity index (χ1v) is 7.96. The smallest absolute Gasteiger partial charge is 0.264 e. The molecule has 0 aromatic heterocycles. The number of nitrogens with zero attached hydrogens (tertiary/aromatic N) is 1. The third kappa shape index (κ3) is 2.80. The second-order valence-electron chi connectivity index (χ2n) is 6.38. The van der Waals surface area contributed by atoms with Gasteiger partial charge < -0.3 is 10.0 Å². The number of hydrogen-bond acceptors (Lipinski definition) is 3. The molecule has 1 aromatic rings. The van der Waals surface area contributed by atoms with Crippen LogP contribution in [0.5, 0.6) is 0 Å². The fourth-order valence-electron chi connectivity index (χ4n) is 3.34. The lowest BCUT2D eigenvalue weighted by molar-refractivity contribution is -0.141. The van der Waals surface area contributed by atoms with Crippen LogP contribution in [0.4, 0.5) is 5.69 Å². The van der Waals surface area contributed by atoms with Crippen molar-refractivity contribution in [2.24, 2.45) is 0 Å². The molecule has 22 heavy (non-hydrogen) atoms. The van der Waals surface area contributed by atoms with Gasteiger partial charge in [0.2, 0.25) is 0 Å². The van der Waals surface area contributed by atoms with Crippen LogP contribution in [0.3, 0.4) is 0 Å². The highest BCUT2D eigenvalue weighted by atomic mass is 16.3. The monoisotopic (exact) mass is 303 g/mol. The van der Waals surface area contributed by atoms with Crippen molar-refractivity contribution in [2.75, 3.05) is 11.4 Å². The summed E-state index contributed by atoms with van der Waals surface area (Å²) in [6.45, 7) is 7.99. The number of Topliss-reactive ketones (excluding diaryl/α,β-unsaturated/α-hetero) is 1. The van der Waals surface area contributed by atoms with Crippen molar-refractivity contribution in [1.82, 2.24) is 0 Å². The standard InChI is InChI=1S/C18H25NO3/c1-5-6-7-8-19-16-13(3)9-12(2)10-15(16)18(22,17(19)21)11-14(4)20/h9-10,22H,5-8,11H2,1-4H3. The first-order valence-electron chi connectivity index (χ1n) is 7.96. The fraction of sp³-hybridized carbons (Fsp3) is 0.556. The van der Waals surface area contributed by atoms with E-state index in [4.69, 9.17) is 0 Å². The molecule has 1 aliphatic rings. The van der Waals surface area contributed by atoms with E-state index in [0.717, 1.165) is 36.1 Å². The third-order valence-corrected chi connectivity index (χ3v) is 4.25. The topological polar surface area (TPSA) is 57.6 Å². The molecule has 0 fully saturated rings. The van der Waals surface area contributed by atoms with Gasteiger partial charge in [-0.2, -0.15) is 0 Å². The minimum Gasteiger partial charge on any atom is -0.375 e. The lowest BCUT2D eigenvalue weighted by atomic mass is 9.88. The van der Waals surface area contributed by atoms with Gasteiger partial charge in [-0.25, -0.2) is 0 Å². The number of rotatable bonds is 6. The van der Waals surface area contributed by atoms with Crippen molar-refractivity contribution >= 4 is 17.4 Å². The normalized spacial score (nSPS) is 20.4. The van der Waals surface area contributed by atoms with Gasteiger partial charge in [-0.05, 0) is 32.8 Å². The summed E-state index contributed by atoms with van der Waals surface area (Å²) in [6, 6.07) is 3.85. The molecular formula is C18H25NO3. The summed E-state index contributed by atoms with van der Waals surface area (Å²) in [6.07, 6.45) is 2.84. The van der Waals surface area contributed by atoms with Crippen molar-refractivity contribution in [2.45, 2.75) is 59.0 Å². The van der Waals surface area contributed by atoms with Gasteiger partial charge in [-0.1, -0.05) is 37.5 Å². The molecule has 0 saturated heterocycles. The van der Waals surface area contributed by atoms with Crippen molar-refractivity contribution in [3.63, 3.8) is 0 Å². The molecule has 1 N–H and O–H groups in total. The summed E-state index contributed by atoms with van der Waals surface area (Å²) < 4.78 is 0. The van der Waals surface area contributed by atoms with Gasteiger partial charge in [0, 0.05) is 18.5 Å². The predicted octanol–water partition coefficient (Wildman–Crippen LogP) is 3.01. The molecule has 1 atom stereocenters. The highest BCUT2D eigenvalue weighted by Gasteiger charge is 2.50. The van der Waals surface area contributed by atoms with E-state index in [-0.39, 0.29) is 18.1 Å². The van der Waals surface area contributed by atoms with Crippen LogP contribution in [0.15, 0.2) is 12.1 Å². The Morgan fingerprint density at radius 3 is 2.55 bits per heavy atom. The molecule has 120 valence electrons. The van der Waals surface area contributed by atoms with E-state index in [2.05, 4.69) is 6.92 Å². The zero-order valence-electron chi connectivity index (χ0n) is 13.9. The largest absolute Gasteiger partial charge is 0.375 e. The maximum atomic E-state index is 12.8. The minimum atomic E-state index is -1.70. The number of anilines is 1. The van der Waals surface area contributed by atoms with E-state index in [1.165, 1.54) is 6.92 Å². The Labute approximate surface area is 132 Å². The first-order chi connectivity index (χ1) is 10.3. The number of carbonyl (C=O) groups excluding carboxylic acids is 2. The average Bonchev–Trinajstić information content (AvgIpc) is 2.61. The van der Waals surface area contributed by atoms with Gasteiger partial charge in [-0.3, -0.25) is 9.59 Å². The highest BCUT2D eigenvalue weighted by molar-refractivity contribution is 6.09. The molecule has 0 saturated carbocycles. The van der Waals surface area contributed by atoms with Crippen LogP contribution < -0.4 is 4.90 Å². The summed E-state index contributed by atoms with van der Waals surface area (Å²) in [4.78, 5) is 26.0. The summed E-state index contributed by atoms with van der Waals surface area (Å²) in [5.74, 6) is -0.543. The van der Waals surface area contributed by atoms with E-state index in [0.29, 0.717) is 12.1 Å². The fourth-order valence-corrected chi connectivity index (χ4v) is 3.34. The molecule has 1 aliphatic heterocycles. The maximum absolute atomic E-state index is 12.8. The summed E-state index contributed by atoms with van der Waals surface area (Å²) >= 11 is 0. The van der Waals surface area contributed by atoms with Crippen LogP contribution >= 0.6 is 0 Å². The van der Waals surface area contributed by atoms with E-state index in [1.807, 2.05) is 26.0 Å². The van der Waals surface area contributed by atoms with Crippen LogP contribution in [0, 0.1) is 13.8 Å². The summed E-state index contributed by atoms with van der Waals surface area (Å²) in [5, 5.41) is 10.9. The molecule has 4 heteroatoms. The lowest BCUT2D eigenvalue weighted by Crippen LogP contribution is -2.42. The van der Waals surface area contributed by atoms with E-state index >= 15 is 0 Å². The average molecular weight is 303 g/mol. The first kappa shape index (κ1) is 16.7. The molecule has 0 bridgehead atoms. The molecule has 1 heterocycles. The van der Waals surface area contributed by atoms with Gasteiger partial charge in [0.25, 0.3) is 5.91 Å². The second kappa shape index (κ2) is 6.21. The molecule has 0 radical (unpaired) electrons. The molecule has 0 spiro atoms. The summed E-state index contributed by atoms with van der Waals surface area (Å²) in [5.41, 5.74) is 1.63. The lowest BCUT2D eigenvalue weighted by Gasteiger charge is -2.22. The molecule has 4 nitrogen and oxygen atoms in total. The van der Waals surface area contributed by atoms with Crippen LogP contribution in [-0.4, -0.2) is 23.3 Å². The molecule has 1 amide bonds. The third-order valence-electron chi connectivity index (χ3n) is 4.25. The van der Waals surface area contributed by atoms with Gasteiger partial charge in [0.05, 0.1) is 5.69 Å². The van der Waals surface area contributed by atoms with E-state index in [1.54, 1.807) is 4.90 Å². The Morgan fingerprint density at radius 2 is 1.95 bits per heavy atom. The quantitative estimate of drug-likeness (QED) is 0.822. The SMILES string of the molecule is CCCCCN1C(=O)C(O)(CC(C)=O)c2cc(C)cc(C)c21. The van der Waals surface area contributed by atoms with Crippen molar-refractivity contribution in [3.8, 4) is 0 Å². The van der Waals surface area contributed by atoms with E-state index < -0.39 is 5.60 Å². The Bertz CT molecular complexity index is 609. The summed E-state index contributed by atoms with van der Waals surface area (Å²) in [7, 11) is 0. The van der Waals surface area contributed by atoms with Crippen LogP contribution in [0.25, 0.3) is 0 Å². The highest BCUT2D eigenvalue weighted by Crippen LogP contribution is 2.45. The zero-order chi connectivity index (χ0) is 16.5. The Kier molecular flexibility index (Phi) is 4.71. The predicted molar refractivity (Wildman–Crippen MR) is 87.0 cm³/mol. The molecule has 1 unspecified atom stereocenters. The number of hydrogen-bond donors (Lipinski definition) is 1. The van der Waals surface area contributed by atoms with Crippen molar-refractivity contribution in [3.05, 3.63) is 28.8 Å². The number of fused-ring (bicyclic) bond motifs is 1. The van der Waals surface area contributed by atoms with Crippen LogP contribution in [0.2, 0.25) is 0 Å². The number of aryl methyl sites for hydroxylation is 2. The second-order valence-corrected chi connectivity index (χ2v) is 6.38. The Balaban J connectivity index is 2.50. The van der Waals surface area contributed by atoms with Crippen LogP contribution in [-0.2, 0) is 15.2 Å². The minimum absolute atomic E-state index is 0.161. The number of benzene rings is 1. The van der Waals surface area contributed by atoms with Gasteiger partial charge >= 0.3 is 0 Å². The molecule has 0 aliphatic carbocycles. The van der Waals surface area contributed by atoms with Gasteiger partial charge in [0.1, 0.15) is 5.78 Å². The number of aliphatic hydroxyl groups is 1. The maximum Gasteiger partial charge on any atom is 0.264 e. The number of ketones is 1. The molecule has 2 rings (SSSR count). The Hall–Kier alpha value is -1.68. The Morgan fingerprint density at radius 1 is 1.27 bits per heavy atom. The van der Waals surface area contributed by atoms with Gasteiger partial charge in [-0.15, -0.1) is 0 Å². The molecular weight excluding hydrogens is 278 g/mol. The van der Waals surface area contributed by atoms with Gasteiger partial charge in [0.15, 0.2) is 5.60 Å². The van der Waals surface area contributed by atoms with Crippen LogP contribution in [0.1, 0.15) is 56.2 Å². The number of unbranched alkanes of at least 4 members (excludes halogenated alkanes) is 2. The van der Waals surface area contributed by atoms with E-state index in [9.17, 15) is 14.7 Å². The number of amides is 1.